The van der Waals surface area contributed by atoms with Gasteiger partial charge >= 0.3 is 0 Å². The van der Waals surface area contributed by atoms with Crippen LogP contribution in [0.15, 0.2) is 18.2 Å². The third kappa shape index (κ3) is 1.93. The minimum Gasteiger partial charge on any atom is -0.358 e. The molecular formula is C16H18N2O. The minimum atomic E-state index is 0.0789. The van der Waals surface area contributed by atoms with E-state index in [-0.39, 0.29) is 5.91 Å². The van der Waals surface area contributed by atoms with Crippen molar-refractivity contribution in [1.29, 1.82) is 0 Å². The first-order chi connectivity index (χ1) is 9.31. The van der Waals surface area contributed by atoms with E-state index >= 15 is 0 Å². The van der Waals surface area contributed by atoms with Crippen molar-refractivity contribution in [3.63, 3.8) is 0 Å². The fourth-order valence-corrected chi connectivity index (χ4v) is 3.04. The van der Waals surface area contributed by atoms with Crippen molar-refractivity contribution in [3.05, 3.63) is 35.0 Å². The van der Waals surface area contributed by atoms with E-state index in [0.29, 0.717) is 6.04 Å². The zero-order valence-electron chi connectivity index (χ0n) is 11.0. The summed E-state index contributed by atoms with van der Waals surface area (Å²) in [6, 6.07) is 6.47. The highest BCUT2D eigenvalue weighted by atomic mass is 16.1. The van der Waals surface area contributed by atoms with Crippen LogP contribution in [0.5, 0.6) is 0 Å². The molecule has 0 saturated heterocycles. The molecule has 3 nitrogen and oxygen atoms in total. The van der Waals surface area contributed by atoms with Crippen LogP contribution in [0.2, 0.25) is 0 Å². The summed E-state index contributed by atoms with van der Waals surface area (Å²) in [7, 11) is 0. The number of carbonyl (C=O) groups excluding carboxylic acids is 1. The molecule has 0 aliphatic heterocycles. The third-order valence-electron chi connectivity index (χ3n) is 4.27. The fourth-order valence-electron chi connectivity index (χ4n) is 3.04. The Morgan fingerprint density at radius 1 is 1.21 bits per heavy atom. The van der Waals surface area contributed by atoms with Gasteiger partial charge in [0.1, 0.15) is 0 Å². The SMILES string of the molecule is O=C(NC1CC1)c1ccc2[nH]c3c(c2c1)CCCC3. The Bertz CT molecular complexity index is 652. The van der Waals surface area contributed by atoms with Crippen molar-refractivity contribution in [3.8, 4) is 0 Å². The summed E-state index contributed by atoms with van der Waals surface area (Å²) in [6.45, 7) is 0. The van der Waals surface area contributed by atoms with Crippen LogP contribution in [-0.4, -0.2) is 16.9 Å². The molecule has 1 saturated carbocycles. The highest BCUT2D eigenvalue weighted by molar-refractivity contribution is 5.99. The summed E-state index contributed by atoms with van der Waals surface area (Å²) >= 11 is 0. The lowest BCUT2D eigenvalue weighted by Crippen LogP contribution is -2.25. The Kier molecular flexibility index (Phi) is 2.40. The van der Waals surface area contributed by atoms with Crippen molar-refractivity contribution in [2.75, 3.05) is 0 Å². The van der Waals surface area contributed by atoms with E-state index in [9.17, 15) is 4.79 Å². The van der Waals surface area contributed by atoms with Crippen LogP contribution >= 0.6 is 0 Å². The summed E-state index contributed by atoms with van der Waals surface area (Å²) < 4.78 is 0. The number of aromatic nitrogens is 1. The van der Waals surface area contributed by atoms with Gasteiger partial charge in [0.25, 0.3) is 5.91 Å². The van der Waals surface area contributed by atoms with Crippen LogP contribution in [0.4, 0.5) is 0 Å². The van der Waals surface area contributed by atoms with Gasteiger partial charge in [-0.05, 0) is 62.3 Å². The molecule has 98 valence electrons. The van der Waals surface area contributed by atoms with E-state index in [2.05, 4.69) is 22.4 Å². The molecule has 0 radical (unpaired) electrons. The van der Waals surface area contributed by atoms with Crippen LogP contribution < -0.4 is 5.32 Å². The van der Waals surface area contributed by atoms with Gasteiger partial charge in [0, 0.05) is 28.2 Å². The monoisotopic (exact) mass is 254 g/mol. The number of fused-ring (bicyclic) bond motifs is 3. The van der Waals surface area contributed by atoms with Gasteiger partial charge in [-0.25, -0.2) is 0 Å². The highest BCUT2D eigenvalue weighted by Crippen LogP contribution is 2.30. The van der Waals surface area contributed by atoms with E-state index in [1.165, 1.54) is 35.0 Å². The van der Waals surface area contributed by atoms with Gasteiger partial charge in [0.2, 0.25) is 0 Å². The van der Waals surface area contributed by atoms with Crippen LogP contribution in [0, 0.1) is 0 Å². The average Bonchev–Trinajstić information content (AvgIpc) is 3.17. The number of rotatable bonds is 2. The Morgan fingerprint density at radius 3 is 2.89 bits per heavy atom. The van der Waals surface area contributed by atoms with Gasteiger partial charge in [-0.3, -0.25) is 4.79 Å². The quantitative estimate of drug-likeness (QED) is 0.850. The molecule has 1 aromatic carbocycles. The number of aryl methyl sites for hydroxylation is 2. The van der Waals surface area contributed by atoms with Crippen LogP contribution in [0.3, 0.4) is 0 Å². The Labute approximate surface area is 112 Å². The maximum Gasteiger partial charge on any atom is 0.251 e. The zero-order valence-corrected chi connectivity index (χ0v) is 11.0. The number of carbonyl (C=O) groups is 1. The predicted molar refractivity (Wildman–Crippen MR) is 75.4 cm³/mol. The lowest BCUT2D eigenvalue weighted by atomic mass is 9.95. The van der Waals surface area contributed by atoms with Crippen molar-refractivity contribution >= 4 is 16.8 Å². The number of benzene rings is 1. The maximum absolute atomic E-state index is 12.1. The molecule has 0 bridgehead atoms. The van der Waals surface area contributed by atoms with E-state index in [1.54, 1.807) is 0 Å². The Hall–Kier alpha value is -1.77. The van der Waals surface area contributed by atoms with Gasteiger partial charge in [-0.1, -0.05) is 0 Å². The van der Waals surface area contributed by atoms with Gasteiger partial charge in [0.05, 0.1) is 0 Å². The van der Waals surface area contributed by atoms with Crippen molar-refractivity contribution in [1.82, 2.24) is 10.3 Å². The molecule has 0 spiro atoms. The van der Waals surface area contributed by atoms with Gasteiger partial charge < -0.3 is 10.3 Å². The van der Waals surface area contributed by atoms with Gasteiger partial charge in [-0.15, -0.1) is 0 Å². The van der Waals surface area contributed by atoms with Crippen molar-refractivity contribution in [2.24, 2.45) is 0 Å². The summed E-state index contributed by atoms with van der Waals surface area (Å²) in [5, 5.41) is 4.31. The second-order valence-corrected chi connectivity index (χ2v) is 5.80. The van der Waals surface area contributed by atoms with Crippen molar-refractivity contribution in [2.45, 2.75) is 44.6 Å². The molecule has 2 aliphatic rings. The average molecular weight is 254 g/mol. The first-order valence-electron chi connectivity index (χ1n) is 7.25. The fraction of sp³-hybridized carbons (Fsp3) is 0.438. The van der Waals surface area contributed by atoms with Crippen LogP contribution in [-0.2, 0) is 12.8 Å². The lowest BCUT2D eigenvalue weighted by Gasteiger charge is -2.10. The second-order valence-electron chi connectivity index (χ2n) is 5.80. The number of hydrogen-bond donors (Lipinski definition) is 2. The Balaban J connectivity index is 1.74. The molecule has 1 amide bonds. The van der Waals surface area contributed by atoms with Crippen LogP contribution in [0.1, 0.15) is 47.3 Å². The van der Waals surface area contributed by atoms with E-state index in [0.717, 1.165) is 31.2 Å². The largest absolute Gasteiger partial charge is 0.358 e. The van der Waals surface area contributed by atoms with E-state index < -0.39 is 0 Å². The summed E-state index contributed by atoms with van der Waals surface area (Å²) in [5.41, 5.74) is 4.78. The summed E-state index contributed by atoms with van der Waals surface area (Å²) in [4.78, 5) is 15.6. The minimum absolute atomic E-state index is 0.0789. The highest BCUT2D eigenvalue weighted by Gasteiger charge is 2.24. The number of nitrogens with one attached hydrogen (secondary N) is 2. The predicted octanol–water partition coefficient (Wildman–Crippen LogP) is 2.94. The van der Waals surface area contributed by atoms with E-state index in [4.69, 9.17) is 0 Å². The van der Waals surface area contributed by atoms with Crippen molar-refractivity contribution < 1.29 is 4.79 Å². The standard InChI is InChI=1S/C16H18N2O/c19-16(17-11-6-7-11)10-5-8-15-13(9-10)12-3-1-2-4-14(12)18-15/h5,8-9,11,18H,1-4,6-7H2,(H,17,19). The summed E-state index contributed by atoms with van der Waals surface area (Å²) in [5.74, 6) is 0.0789. The third-order valence-corrected chi connectivity index (χ3v) is 4.27. The second kappa shape index (κ2) is 4.12. The van der Waals surface area contributed by atoms with Crippen LogP contribution in [0.25, 0.3) is 10.9 Å². The first-order valence-corrected chi connectivity index (χ1v) is 7.25. The van der Waals surface area contributed by atoms with Gasteiger partial charge in [-0.2, -0.15) is 0 Å². The number of H-pyrrole nitrogens is 1. The molecule has 1 heterocycles. The molecular weight excluding hydrogens is 236 g/mol. The molecule has 3 heteroatoms. The molecule has 1 fully saturated rings. The normalized spacial score (nSPS) is 18.3. The smallest absolute Gasteiger partial charge is 0.251 e. The number of amides is 1. The molecule has 0 unspecified atom stereocenters. The summed E-state index contributed by atoms with van der Waals surface area (Å²) in [6.07, 6.45) is 7.09. The lowest BCUT2D eigenvalue weighted by molar-refractivity contribution is 0.0951. The molecule has 0 atom stereocenters. The zero-order chi connectivity index (χ0) is 12.8. The molecule has 2 aromatic rings. The number of hydrogen-bond acceptors (Lipinski definition) is 1. The van der Waals surface area contributed by atoms with Gasteiger partial charge in [0.15, 0.2) is 0 Å². The molecule has 4 rings (SSSR count). The molecule has 1 aromatic heterocycles. The molecule has 2 aliphatic carbocycles. The number of aromatic amines is 1. The maximum atomic E-state index is 12.1. The molecule has 19 heavy (non-hydrogen) atoms. The molecule has 2 N–H and O–H groups in total. The van der Waals surface area contributed by atoms with E-state index in [1.807, 2.05) is 6.07 Å². The Morgan fingerprint density at radius 2 is 2.05 bits per heavy atom. The first kappa shape index (κ1) is 11.1. The topological polar surface area (TPSA) is 44.9 Å².